The SMILES string of the molecule is CCS(=O)(=O)N[C@@H]1CC(C)(C)Cc2c1cnn2-c1cccc(F)c1. The normalized spacial score (nSPS) is 19.9. The summed E-state index contributed by atoms with van der Waals surface area (Å²) in [5.41, 5.74) is 2.36. The van der Waals surface area contributed by atoms with Gasteiger partial charge in [0.2, 0.25) is 10.0 Å². The molecule has 1 aromatic carbocycles. The molecule has 2 aromatic rings. The van der Waals surface area contributed by atoms with Crippen molar-refractivity contribution in [3.05, 3.63) is 47.5 Å². The van der Waals surface area contributed by atoms with Crippen molar-refractivity contribution in [3.8, 4) is 5.69 Å². The van der Waals surface area contributed by atoms with Crippen molar-refractivity contribution in [2.75, 3.05) is 5.75 Å². The zero-order chi connectivity index (χ0) is 17.5. The predicted molar refractivity (Wildman–Crippen MR) is 91.0 cm³/mol. The fourth-order valence-electron chi connectivity index (χ4n) is 3.28. The van der Waals surface area contributed by atoms with Crippen molar-refractivity contribution in [3.63, 3.8) is 0 Å². The van der Waals surface area contributed by atoms with Crippen molar-refractivity contribution in [1.29, 1.82) is 0 Å². The number of halogens is 1. The summed E-state index contributed by atoms with van der Waals surface area (Å²) in [4.78, 5) is 0. The van der Waals surface area contributed by atoms with Crippen LogP contribution >= 0.6 is 0 Å². The molecule has 0 aliphatic heterocycles. The van der Waals surface area contributed by atoms with Crippen molar-refractivity contribution in [2.24, 2.45) is 5.41 Å². The molecule has 1 atom stereocenters. The Bertz CT molecular complexity index is 858. The molecule has 1 aliphatic carbocycles. The molecule has 0 spiro atoms. The molecule has 0 unspecified atom stereocenters. The maximum atomic E-state index is 13.6. The Hall–Kier alpha value is -1.73. The molecule has 0 fully saturated rings. The van der Waals surface area contributed by atoms with E-state index < -0.39 is 10.0 Å². The first kappa shape index (κ1) is 17.1. The van der Waals surface area contributed by atoms with E-state index >= 15 is 0 Å². The lowest BCUT2D eigenvalue weighted by molar-refractivity contribution is 0.269. The fraction of sp³-hybridized carbons (Fsp3) is 0.471. The fourth-order valence-corrected chi connectivity index (χ4v) is 4.09. The highest BCUT2D eigenvalue weighted by atomic mass is 32.2. The number of fused-ring (bicyclic) bond motifs is 1. The van der Waals surface area contributed by atoms with E-state index in [0.717, 1.165) is 17.7 Å². The third kappa shape index (κ3) is 3.37. The van der Waals surface area contributed by atoms with Gasteiger partial charge in [-0.3, -0.25) is 0 Å². The molecule has 0 amide bonds. The summed E-state index contributed by atoms with van der Waals surface area (Å²) < 4.78 is 42.1. The lowest BCUT2D eigenvalue weighted by atomic mass is 9.74. The second-order valence-electron chi connectivity index (χ2n) is 7.06. The molecule has 1 aromatic heterocycles. The van der Waals surface area contributed by atoms with E-state index in [1.165, 1.54) is 12.1 Å². The molecule has 3 rings (SSSR count). The van der Waals surface area contributed by atoms with Gasteiger partial charge in [0.1, 0.15) is 5.82 Å². The van der Waals surface area contributed by atoms with Gasteiger partial charge in [-0.2, -0.15) is 5.10 Å². The Kier molecular flexibility index (Phi) is 4.25. The van der Waals surface area contributed by atoms with Gasteiger partial charge in [0.15, 0.2) is 0 Å². The van der Waals surface area contributed by atoms with E-state index in [2.05, 4.69) is 23.7 Å². The molecule has 1 N–H and O–H groups in total. The topological polar surface area (TPSA) is 64.0 Å². The van der Waals surface area contributed by atoms with E-state index in [4.69, 9.17) is 0 Å². The Balaban J connectivity index is 2.06. The largest absolute Gasteiger partial charge is 0.237 e. The third-order valence-electron chi connectivity index (χ3n) is 4.43. The number of aromatic nitrogens is 2. The summed E-state index contributed by atoms with van der Waals surface area (Å²) in [7, 11) is -3.32. The maximum absolute atomic E-state index is 13.6. The molecule has 130 valence electrons. The standard InChI is InChI=1S/C17H22FN3O2S/c1-4-24(22,23)20-15-9-17(2,3)10-16-14(15)11-19-21(16)13-7-5-6-12(18)8-13/h5-8,11,15,20H,4,9-10H2,1-3H3/t15-/m1/s1. The number of hydrogen-bond acceptors (Lipinski definition) is 3. The lowest BCUT2D eigenvalue weighted by Crippen LogP contribution is -2.37. The van der Waals surface area contributed by atoms with Gasteiger partial charge in [-0.15, -0.1) is 0 Å². The smallest absolute Gasteiger partial charge is 0.211 e. The number of benzene rings is 1. The highest BCUT2D eigenvalue weighted by Crippen LogP contribution is 2.41. The van der Waals surface area contributed by atoms with Crippen molar-refractivity contribution in [1.82, 2.24) is 14.5 Å². The van der Waals surface area contributed by atoms with Gasteiger partial charge in [0.05, 0.1) is 23.7 Å². The van der Waals surface area contributed by atoms with Gasteiger partial charge in [-0.1, -0.05) is 19.9 Å². The van der Waals surface area contributed by atoms with E-state index in [1.54, 1.807) is 29.9 Å². The predicted octanol–water partition coefficient (Wildman–Crippen LogP) is 2.96. The van der Waals surface area contributed by atoms with Crippen LogP contribution in [0.5, 0.6) is 0 Å². The minimum atomic E-state index is -3.32. The average molecular weight is 351 g/mol. The van der Waals surface area contributed by atoms with Crippen LogP contribution in [0.1, 0.15) is 44.5 Å². The molecule has 0 radical (unpaired) electrons. The van der Waals surface area contributed by atoms with Crippen LogP contribution in [-0.2, 0) is 16.4 Å². The van der Waals surface area contributed by atoms with Crippen LogP contribution in [0, 0.1) is 11.2 Å². The maximum Gasteiger partial charge on any atom is 0.211 e. The molecule has 5 nitrogen and oxygen atoms in total. The number of sulfonamides is 1. The third-order valence-corrected chi connectivity index (χ3v) is 5.84. The first-order valence-corrected chi connectivity index (χ1v) is 9.69. The minimum Gasteiger partial charge on any atom is -0.237 e. The quantitative estimate of drug-likeness (QED) is 0.921. The monoisotopic (exact) mass is 351 g/mol. The first-order chi connectivity index (χ1) is 11.2. The van der Waals surface area contributed by atoms with Gasteiger partial charge < -0.3 is 0 Å². The molecule has 0 saturated heterocycles. The van der Waals surface area contributed by atoms with Crippen LogP contribution in [0.4, 0.5) is 4.39 Å². The van der Waals surface area contributed by atoms with Crippen molar-refractivity contribution >= 4 is 10.0 Å². The van der Waals surface area contributed by atoms with Crippen molar-refractivity contribution in [2.45, 2.75) is 39.7 Å². The summed E-state index contributed by atoms with van der Waals surface area (Å²) in [6.45, 7) is 5.82. The zero-order valence-electron chi connectivity index (χ0n) is 14.1. The molecule has 1 heterocycles. The minimum absolute atomic E-state index is 0.0390. The second-order valence-corrected chi connectivity index (χ2v) is 9.10. The van der Waals surface area contributed by atoms with Gasteiger partial charge in [0.25, 0.3) is 0 Å². The van der Waals surface area contributed by atoms with E-state index in [-0.39, 0.29) is 23.0 Å². The summed E-state index contributed by atoms with van der Waals surface area (Å²) >= 11 is 0. The van der Waals surface area contributed by atoms with E-state index in [0.29, 0.717) is 12.1 Å². The number of hydrogen-bond donors (Lipinski definition) is 1. The molecule has 0 bridgehead atoms. The van der Waals surface area contributed by atoms with Crippen LogP contribution in [0.15, 0.2) is 30.5 Å². The lowest BCUT2D eigenvalue weighted by Gasteiger charge is -2.35. The number of rotatable bonds is 4. The zero-order valence-corrected chi connectivity index (χ0v) is 14.9. The molecular weight excluding hydrogens is 329 g/mol. The Morgan fingerprint density at radius 1 is 1.42 bits per heavy atom. The highest BCUT2D eigenvalue weighted by Gasteiger charge is 2.36. The number of nitrogens with zero attached hydrogens (tertiary/aromatic N) is 2. The van der Waals surface area contributed by atoms with Crippen LogP contribution in [-0.4, -0.2) is 24.0 Å². The van der Waals surface area contributed by atoms with Crippen LogP contribution in [0.3, 0.4) is 0 Å². The first-order valence-electron chi connectivity index (χ1n) is 8.03. The van der Waals surface area contributed by atoms with Crippen LogP contribution in [0.2, 0.25) is 0 Å². The molecule has 0 saturated carbocycles. The molecule has 7 heteroatoms. The summed E-state index contributed by atoms with van der Waals surface area (Å²) in [5.74, 6) is -0.285. The Labute approximate surface area is 141 Å². The summed E-state index contributed by atoms with van der Waals surface area (Å²) in [6, 6.07) is 5.95. The Morgan fingerprint density at radius 3 is 2.83 bits per heavy atom. The summed E-state index contributed by atoms with van der Waals surface area (Å²) in [5, 5.41) is 4.40. The van der Waals surface area contributed by atoms with Gasteiger partial charge in [0, 0.05) is 11.3 Å². The second kappa shape index (κ2) is 5.97. The molecular formula is C17H22FN3O2S. The summed E-state index contributed by atoms with van der Waals surface area (Å²) in [6.07, 6.45) is 3.15. The van der Waals surface area contributed by atoms with Gasteiger partial charge in [-0.05, 0) is 43.4 Å². The van der Waals surface area contributed by atoms with Crippen LogP contribution < -0.4 is 4.72 Å². The Morgan fingerprint density at radius 2 is 2.17 bits per heavy atom. The van der Waals surface area contributed by atoms with Crippen molar-refractivity contribution < 1.29 is 12.8 Å². The van der Waals surface area contributed by atoms with Crippen LogP contribution in [0.25, 0.3) is 5.69 Å². The van der Waals surface area contributed by atoms with Gasteiger partial charge >= 0.3 is 0 Å². The molecule has 1 aliphatic rings. The highest BCUT2D eigenvalue weighted by molar-refractivity contribution is 7.89. The average Bonchev–Trinajstić information content (AvgIpc) is 2.89. The van der Waals surface area contributed by atoms with Gasteiger partial charge in [-0.25, -0.2) is 22.2 Å². The molecule has 24 heavy (non-hydrogen) atoms. The number of nitrogens with one attached hydrogen (secondary N) is 1. The van der Waals surface area contributed by atoms with E-state index in [9.17, 15) is 12.8 Å². The van der Waals surface area contributed by atoms with E-state index in [1.807, 2.05) is 0 Å².